The van der Waals surface area contributed by atoms with E-state index in [1.54, 1.807) is 29.5 Å². The molecule has 0 spiro atoms. The van der Waals surface area contributed by atoms with Gasteiger partial charge >= 0.3 is 0 Å². The minimum atomic E-state index is -0.149. The number of amides is 1. The average Bonchev–Trinajstić information content (AvgIpc) is 3.16. The molecule has 0 aliphatic carbocycles. The molecule has 1 fully saturated rings. The van der Waals surface area contributed by atoms with Gasteiger partial charge in [-0.2, -0.15) is 0 Å². The van der Waals surface area contributed by atoms with Gasteiger partial charge in [-0.3, -0.25) is 4.79 Å². The van der Waals surface area contributed by atoms with E-state index in [2.05, 4.69) is 22.3 Å². The van der Waals surface area contributed by atoms with Gasteiger partial charge in [0, 0.05) is 24.7 Å². The summed E-state index contributed by atoms with van der Waals surface area (Å²) in [5.41, 5.74) is 1.06. The van der Waals surface area contributed by atoms with E-state index in [1.807, 2.05) is 12.1 Å². The summed E-state index contributed by atoms with van der Waals surface area (Å²) in [5.74, 6) is 0.767. The molecule has 8 heteroatoms. The summed E-state index contributed by atoms with van der Waals surface area (Å²) in [6, 6.07) is 13.2. The lowest BCUT2D eigenvalue weighted by atomic mass is 9.97. The van der Waals surface area contributed by atoms with E-state index < -0.39 is 0 Å². The molecule has 3 aromatic rings. The van der Waals surface area contributed by atoms with Crippen LogP contribution >= 0.6 is 34.5 Å². The van der Waals surface area contributed by atoms with Gasteiger partial charge in [0.1, 0.15) is 5.75 Å². The summed E-state index contributed by atoms with van der Waals surface area (Å²) in [4.78, 5) is 19.2. The number of piperidine rings is 1. The second-order valence-corrected chi connectivity index (χ2v) is 8.91. The summed E-state index contributed by atoms with van der Waals surface area (Å²) >= 11 is 13.7. The van der Waals surface area contributed by atoms with Gasteiger partial charge in [-0.05, 0) is 49.1 Å². The van der Waals surface area contributed by atoms with Crippen molar-refractivity contribution in [1.29, 1.82) is 0 Å². The van der Waals surface area contributed by atoms with Crippen molar-refractivity contribution in [2.24, 2.45) is 5.92 Å². The Morgan fingerprint density at radius 2 is 2.00 bits per heavy atom. The van der Waals surface area contributed by atoms with Crippen LogP contribution in [0.5, 0.6) is 5.75 Å². The molecular formula is C21H21Cl2N3O2S. The number of benzene rings is 2. The molecule has 1 amide bonds. The Kier molecular flexibility index (Phi) is 6.43. The van der Waals surface area contributed by atoms with Crippen LogP contribution in [0.25, 0.3) is 10.2 Å². The summed E-state index contributed by atoms with van der Waals surface area (Å²) in [6.07, 6.45) is 2.06. The lowest BCUT2D eigenvalue weighted by Gasteiger charge is -2.31. The first-order chi connectivity index (χ1) is 14.1. The number of nitrogens with one attached hydrogen (secondary N) is 1. The predicted molar refractivity (Wildman–Crippen MR) is 120 cm³/mol. The number of rotatable bonds is 6. The van der Waals surface area contributed by atoms with Gasteiger partial charge in [-0.15, -0.1) is 0 Å². The van der Waals surface area contributed by atoms with Gasteiger partial charge in [0.2, 0.25) is 0 Å². The SMILES string of the molecule is O=C(COc1ccc(Cl)cc1Cl)NCC1CCN(c2nc3ccccc3s2)CC1. The number of anilines is 1. The van der Waals surface area contributed by atoms with Crippen LogP contribution in [0, 0.1) is 5.92 Å². The number of thiazole rings is 1. The lowest BCUT2D eigenvalue weighted by Crippen LogP contribution is -2.39. The standard InChI is InChI=1S/C21H21Cl2N3O2S/c22-15-5-6-18(16(23)11-15)28-13-20(27)24-12-14-7-9-26(10-8-14)21-25-17-3-1-2-4-19(17)29-21/h1-6,11,14H,7-10,12-13H2,(H,24,27). The Morgan fingerprint density at radius 1 is 1.21 bits per heavy atom. The normalized spacial score (nSPS) is 14.9. The zero-order chi connectivity index (χ0) is 20.2. The fraction of sp³-hybridized carbons (Fsp3) is 0.333. The molecule has 5 nitrogen and oxygen atoms in total. The minimum absolute atomic E-state index is 0.0636. The molecule has 0 radical (unpaired) electrons. The van der Waals surface area contributed by atoms with E-state index in [9.17, 15) is 4.79 Å². The minimum Gasteiger partial charge on any atom is -0.482 e. The van der Waals surface area contributed by atoms with Crippen molar-refractivity contribution in [2.75, 3.05) is 31.1 Å². The molecule has 0 bridgehead atoms. The number of carbonyl (C=O) groups excluding carboxylic acids is 1. The fourth-order valence-electron chi connectivity index (χ4n) is 3.37. The van der Waals surface area contributed by atoms with Gasteiger partial charge < -0.3 is 15.0 Å². The second-order valence-electron chi connectivity index (χ2n) is 7.06. The Morgan fingerprint density at radius 3 is 2.76 bits per heavy atom. The average molecular weight is 450 g/mol. The third kappa shape index (κ3) is 5.13. The maximum absolute atomic E-state index is 12.1. The van der Waals surface area contributed by atoms with Crippen LogP contribution < -0.4 is 15.0 Å². The molecule has 1 aliphatic rings. The van der Waals surface area contributed by atoms with Crippen LogP contribution in [0.4, 0.5) is 5.13 Å². The Bertz CT molecular complexity index is 970. The Hall–Kier alpha value is -2.02. The molecule has 1 aliphatic heterocycles. The van der Waals surface area contributed by atoms with E-state index in [0.717, 1.165) is 36.6 Å². The van der Waals surface area contributed by atoms with Crippen LogP contribution in [0.3, 0.4) is 0 Å². The summed E-state index contributed by atoms with van der Waals surface area (Å²) in [5, 5.41) is 4.98. The van der Waals surface area contributed by atoms with E-state index in [0.29, 0.717) is 28.3 Å². The van der Waals surface area contributed by atoms with Crippen molar-refractivity contribution < 1.29 is 9.53 Å². The number of halogens is 2. The summed E-state index contributed by atoms with van der Waals surface area (Å²) in [7, 11) is 0. The highest BCUT2D eigenvalue weighted by Crippen LogP contribution is 2.31. The molecule has 4 rings (SSSR count). The fourth-order valence-corrected chi connectivity index (χ4v) is 4.85. The molecule has 1 N–H and O–H groups in total. The number of aromatic nitrogens is 1. The molecule has 1 aromatic heterocycles. The van der Waals surface area contributed by atoms with Crippen LogP contribution in [0.1, 0.15) is 12.8 Å². The van der Waals surface area contributed by atoms with Crippen molar-refractivity contribution in [2.45, 2.75) is 12.8 Å². The van der Waals surface area contributed by atoms with Crippen molar-refractivity contribution >= 4 is 55.8 Å². The molecule has 0 saturated carbocycles. The highest BCUT2D eigenvalue weighted by atomic mass is 35.5. The van der Waals surface area contributed by atoms with Gasteiger partial charge in [0.15, 0.2) is 11.7 Å². The van der Waals surface area contributed by atoms with Gasteiger partial charge in [-0.1, -0.05) is 46.7 Å². The molecule has 152 valence electrons. The molecule has 2 heterocycles. The van der Waals surface area contributed by atoms with Crippen LogP contribution in [0.2, 0.25) is 10.0 Å². The van der Waals surface area contributed by atoms with Crippen molar-refractivity contribution in [3.05, 3.63) is 52.5 Å². The molecule has 0 atom stereocenters. The smallest absolute Gasteiger partial charge is 0.257 e. The third-order valence-electron chi connectivity index (χ3n) is 5.01. The molecule has 1 saturated heterocycles. The van der Waals surface area contributed by atoms with Crippen molar-refractivity contribution in [3.8, 4) is 5.75 Å². The Labute approximate surface area is 183 Å². The van der Waals surface area contributed by atoms with Crippen molar-refractivity contribution in [1.82, 2.24) is 10.3 Å². The number of carbonyl (C=O) groups is 1. The third-order valence-corrected chi connectivity index (χ3v) is 6.64. The van der Waals surface area contributed by atoms with E-state index in [-0.39, 0.29) is 12.5 Å². The number of fused-ring (bicyclic) bond motifs is 1. The second kappa shape index (κ2) is 9.20. The predicted octanol–water partition coefficient (Wildman–Crippen LogP) is 5.01. The first-order valence-electron chi connectivity index (χ1n) is 9.53. The number of hydrogen-bond acceptors (Lipinski definition) is 5. The summed E-state index contributed by atoms with van der Waals surface area (Å²) < 4.78 is 6.70. The lowest BCUT2D eigenvalue weighted by molar-refractivity contribution is -0.123. The van der Waals surface area contributed by atoms with Crippen LogP contribution in [0.15, 0.2) is 42.5 Å². The maximum Gasteiger partial charge on any atom is 0.257 e. The molecular weight excluding hydrogens is 429 g/mol. The number of para-hydroxylation sites is 1. The number of ether oxygens (including phenoxy) is 1. The highest BCUT2D eigenvalue weighted by Gasteiger charge is 2.22. The summed E-state index contributed by atoms with van der Waals surface area (Å²) in [6.45, 7) is 2.50. The van der Waals surface area contributed by atoms with Gasteiger partial charge in [0.25, 0.3) is 5.91 Å². The van der Waals surface area contributed by atoms with Crippen LogP contribution in [-0.4, -0.2) is 37.1 Å². The maximum atomic E-state index is 12.1. The molecule has 2 aromatic carbocycles. The monoisotopic (exact) mass is 449 g/mol. The first-order valence-corrected chi connectivity index (χ1v) is 11.1. The zero-order valence-corrected chi connectivity index (χ0v) is 18.1. The van der Waals surface area contributed by atoms with E-state index in [4.69, 9.17) is 32.9 Å². The van der Waals surface area contributed by atoms with E-state index >= 15 is 0 Å². The quantitative estimate of drug-likeness (QED) is 0.574. The largest absolute Gasteiger partial charge is 0.482 e. The van der Waals surface area contributed by atoms with Crippen LogP contribution in [-0.2, 0) is 4.79 Å². The topological polar surface area (TPSA) is 54.5 Å². The van der Waals surface area contributed by atoms with Gasteiger partial charge in [0.05, 0.1) is 15.2 Å². The number of nitrogens with zero attached hydrogens (tertiary/aromatic N) is 2. The zero-order valence-electron chi connectivity index (χ0n) is 15.7. The van der Waals surface area contributed by atoms with E-state index in [1.165, 1.54) is 4.70 Å². The first kappa shape index (κ1) is 20.3. The Balaban J connectivity index is 1.21. The van der Waals surface area contributed by atoms with Gasteiger partial charge in [-0.25, -0.2) is 4.98 Å². The van der Waals surface area contributed by atoms with Crippen molar-refractivity contribution in [3.63, 3.8) is 0 Å². The molecule has 0 unspecified atom stereocenters. The number of hydrogen-bond donors (Lipinski definition) is 1. The highest BCUT2D eigenvalue weighted by molar-refractivity contribution is 7.22. The molecule has 29 heavy (non-hydrogen) atoms.